The van der Waals surface area contributed by atoms with Gasteiger partial charge >= 0.3 is 0 Å². The summed E-state index contributed by atoms with van der Waals surface area (Å²) in [6, 6.07) is 3.68. The van der Waals surface area contributed by atoms with Crippen LogP contribution in [0, 0.1) is 0 Å². The average molecular weight is 311 g/mol. The Bertz CT molecular complexity index is 504. The number of nitrogens with zero attached hydrogens (tertiary/aromatic N) is 3. The third kappa shape index (κ3) is 2.70. The van der Waals surface area contributed by atoms with E-state index in [4.69, 9.17) is 10.5 Å². The number of nitrogens with two attached hydrogens (primary N) is 1. The summed E-state index contributed by atoms with van der Waals surface area (Å²) >= 11 is 3.45. The van der Waals surface area contributed by atoms with Gasteiger partial charge in [-0.3, -0.25) is 4.68 Å². The SMILES string of the molecule is COc1ccc(CC(N)c2c(Br)cnn2C)cn1. The number of pyridine rings is 1. The third-order valence-corrected chi connectivity index (χ3v) is 3.36. The molecule has 2 N–H and O–H groups in total. The van der Waals surface area contributed by atoms with Crippen LogP contribution in [0.15, 0.2) is 29.0 Å². The fraction of sp³-hybridized carbons (Fsp3) is 0.333. The number of ether oxygens (including phenoxy) is 1. The van der Waals surface area contributed by atoms with Gasteiger partial charge in [-0.25, -0.2) is 4.98 Å². The summed E-state index contributed by atoms with van der Waals surface area (Å²) in [7, 11) is 3.48. The topological polar surface area (TPSA) is 66.0 Å². The second-order valence-corrected chi connectivity index (χ2v) is 4.88. The standard InChI is InChI=1S/C12H15BrN4O/c1-17-12(9(13)7-16-17)10(14)5-8-3-4-11(18-2)15-6-8/h3-4,6-7,10H,5,14H2,1-2H3. The first kappa shape index (κ1) is 13.0. The summed E-state index contributed by atoms with van der Waals surface area (Å²) < 4.78 is 7.73. The van der Waals surface area contributed by atoms with Gasteiger partial charge in [-0.05, 0) is 27.9 Å². The van der Waals surface area contributed by atoms with Crippen LogP contribution in [-0.2, 0) is 13.5 Å². The van der Waals surface area contributed by atoms with Gasteiger partial charge in [-0.15, -0.1) is 0 Å². The maximum atomic E-state index is 6.19. The molecule has 0 aliphatic rings. The molecule has 0 bridgehead atoms. The lowest BCUT2D eigenvalue weighted by Gasteiger charge is -2.13. The first-order chi connectivity index (χ1) is 8.61. The normalized spacial score (nSPS) is 12.4. The molecule has 0 aromatic carbocycles. The maximum absolute atomic E-state index is 6.19. The van der Waals surface area contributed by atoms with E-state index in [2.05, 4.69) is 26.0 Å². The molecule has 0 fully saturated rings. The summed E-state index contributed by atoms with van der Waals surface area (Å²) in [4.78, 5) is 4.16. The van der Waals surface area contributed by atoms with Gasteiger partial charge < -0.3 is 10.5 Å². The number of halogens is 1. The van der Waals surface area contributed by atoms with Gasteiger partial charge in [0.25, 0.3) is 0 Å². The number of rotatable bonds is 4. The fourth-order valence-electron chi connectivity index (χ4n) is 1.84. The number of methoxy groups -OCH3 is 1. The van der Waals surface area contributed by atoms with Crippen LogP contribution in [0.3, 0.4) is 0 Å². The molecular formula is C12H15BrN4O. The van der Waals surface area contributed by atoms with E-state index in [9.17, 15) is 0 Å². The zero-order chi connectivity index (χ0) is 13.1. The minimum Gasteiger partial charge on any atom is -0.481 e. The maximum Gasteiger partial charge on any atom is 0.212 e. The van der Waals surface area contributed by atoms with Gasteiger partial charge in [-0.2, -0.15) is 5.10 Å². The summed E-state index contributed by atoms with van der Waals surface area (Å²) in [5, 5.41) is 4.16. The molecule has 96 valence electrons. The van der Waals surface area contributed by atoms with Crippen molar-refractivity contribution in [3.8, 4) is 5.88 Å². The van der Waals surface area contributed by atoms with Crippen molar-refractivity contribution < 1.29 is 4.74 Å². The number of hydrogen-bond acceptors (Lipinski definition) is 4. The summed E-state index contributed by atoms with van der Waals surface area (Å²) in [5.41, 5.74) is 8.24. The zero-order valence-corrected chi connectivity index (χ0v) is 11.9. The summed E-state index contributed by atoms with van der Waals surface area (Å²) in [5.74, 6) is 0.606. The van der Waals surface area contributed by atoms with E-state index in [-0.39, 0.29) is 6.04 Å². The summed E-state index contributed by atoms with van der Waals surface area (Å²) in [6.07, 6.45) is 4.24. The third-order valence-electron chi connectivity index (χ3n) is 2.75. The van der Waals surface area contributed by atoms with Crippen LogP contribution in [0.5, 0.6) is 5.88 Å². The highest BCUT2D eigenvalue weighted by Gasteiger charge is 2.15. The van der Waals surface area contributed by atoms with Crippen molar-refractivity contribution >= 4 is 15.9 Å². The molecule has 5 nitrogen and oxygen atoms in total. The number of hydrogen-bond donors (Lipinski definition) is 1. The Labute approximate surface area is 114 Å². The van der Waals surface area contributed by atoms with E-state index in [1.54, 1.807) is 24.2 Å². The Kier molecular flexibility index (Phi) is 3.98. The van der Waals surface area contributed by atoms with Gasteiger partial charge in [0.1, 0.15) is 0 Å². The molecule has 0 saturated heterocycles. The van der Waals surface area contributed by atoms with Gasteiger partial charge in [0.15, 0.2) is 0 Å². The van der Waals surface area contributed by atoms with E-state index in [1.807, 2.05) is 19.2 Å². The second-order valence-electron chi connectivity index (χ2n) is 4.02. The van der Waals surface area contributed by atoms with Crippen molar-refractivity contribution in [2.75, 3.05) is 7.11 Å². The molecule has 18 heavy (non-hydrogen) atoms. The molecule has 0 saturated carbocycles. The van der Waals surface area contributed by atoms with Crippen LogP contribution < -0.4 is 10.5 Å². The Morgan fingerprint density at radius 2 is 2.22 bits per heavy atom. The quantitative estimate of drug-likeness (QED) is 0.935. The van der Waals surface area contributed by atoms with Crippen molar-refractivity contribution in [1.82, 2.24) is 14.8 Å². The minimum absolute atomic E-state index is 0.123. The van der Waals surface area contributed by atoms with E-state index in [0.29, 0.717) is 12.3 Å². The molecule has 2 aromatic heterocycles. The van der Waals surface area contributed by atoms with Crippen molar-refractivity contribution in [3.05, 3.63) is 40.3 Å². The molecular weight excluding hydrogens is 296 g/mol. The molecule has 0 radical (unpaired) electrons. The number of aromatic nitrogens is 3. The fourth-order valence-corrected chi connectivity index (χ4v) is 2.48. The van der Waals surface area contributed by atoms with Crippen LogP contribution in [0.2, 0.25) is 0 Å². The van der Waals surface area contributed by atoms with Crippen molar-refractivity contribution in [1.29, 1.82) is 0 Å². The Balaban J connectivity index is 2.13. The number of aryl methyl sites for hydroxylation is 1. The first-order valence-corrected chi connectivity index (χ1v) is 6.33. The Morgan fingerprint density at radius 1 is 1.44 bits per heavy atom. The smallest absolute Gasteiger partial charge is 0.212 e. The molecule has 0 amide bonds. The van der Waals surface area contributed by atoms with E-state index in [0.717, 1.165) is 15.7 Å². The van der Waals surface area contributed by atoms with Crippen LogP contribution >= 0.6 is 15.9 Å². The van der Waals surface area contributed by atoms with Crippen molar-refractivity contribution in [3.63, 3.8) is 0 Å². The Hall–Kier alpha value is -1.40. The van der Waals surface area contributed by atoms with Crippen LogP contribution in [0.1, 0.15) is 17.3 Å². The molecule has 2 heterocycles. The lowest BCUT2D eigenvalue weighted by Crippen LogP contribution is -2.17. The Morgan fingerprint density at radius 3 is 2.72 bits per heavy atom. The average Bonchev–Trinajstić information content (AvgIpc) is 2.70. The molecule has 6 heteroatoms. The molecule has 1 atom stereocenters. The molecule has 2 aromatic rings. The van der Waals surface area contributed by atoms with Crippen molar-refractivity contribution in [2.45, 2.75) is 12.5 Å². The molecule has 2 rings (SSSR count). The molecule has 1 unspecified atom stereocenters. The predicted octanol–water partition coefficient (Wildman–Crippen LogP) is 1.83. The van der Waals surface area contributed by atoms with Crippen LogP contribution in [-0.4, -0.2) is 21.9 Å². The predicted molar refractivity (Wildman–Crippen MR) is 72.3 cm³/mol. The largest absolute Gasteiger partial charge is 0.481 e. The van der Waals surface area contributed by atoms with Gasteiger partial charge in [0, 0.05) is 19.3 Å². The molecule has 0 aliphatic heterocycles. The van der Waals surface area contributed by atoms with Crippen LogP contribution in [0.4, 0.5) is 0 Å². The van der Waals surface area contributed by atoms with E-state index in [1.165, 1.54) is 0 Å². The second kappa shape index (κ2) is 5.49. The zero-order valence-electron chi connectivity index (χ0n) is 10.3. The highest BCUT2D eigenvalue weighted by molar-refractivity contribution is 9.10. The lowest BCUT2D eigenvalue weighted by atomic mass is 10.1. The van der Waals surface area contributed by atoms with Gasteiger partial charge in [-0.1, -0.05) is 6.07 Å². The van der Waals surface area contributed by atoms with Gasteiger partial charge in [0.2, 0.25) is 5.88 Å². The van der Waals surface area contributed by atoms with Gasteiger partial charge in [0.05, 0.1) is 29.5 Å². The summed E-state index contributed by atoms with van der Waals surface area (Å²) in [6.45, 7) is 0. The highest BCUT2D eigenvalue weighted by Crippen LogP contribution is 2.23. The molecule has 0 aliphatic carbocycles. The van der Waals surface area contributed by atoms with E-state index >= 15 is 0 Å². The minimum atomic E-state index is -0.123. The van der Waals surface area contributed by atoms with Crippen LogP contribution in [0.25, 0.3) is 0 Å². The monoisotopic (exact) mass is 310 g/mol. The van der Waals surface area contributed by atoms with E-state index < -0.39 is 0 Å². The molecule has 0 spiro atoms. The highest BCUT2D eigenvalue weighted by atomic mass is 79.9. The lowest BCUT2D eigenvalue weighted by molar-refractivity contribution is 0.397. The first-order valence-electron chi connectivity index (χ1n) is 5.53. The van der Waals surface area contributed by atoms with Crippen molar-refractivity contribution in [2.24, 2.45) is 12.8 Å².